The third kappa shape index (κ3) is 4.15. The van der Waals surface area contributed by atoms with Crippen LogP contribution in [-0.2, 0) is 14.4 Å². The molecule has 108 valence electrons. The van der Waals surface area contributed by atoms with E-state index in [9.17, 15) is 14.4 Å². The number of carbonyl (C=O) groups excluding carboxylic acids is 3. The number of ketones is 1. The quantitative estimate of drug-likeness (QED) is 0.526. The Bertz CT molecular complexity index is 360. The predicted molar refractivity (Wildman–Crippen MR) is 73.4 cm³/mol. The van der Waals surface area contributed by atoms with Crippen LogP contribution in [0.4, 0.5) is 0 Å². The summed E-state index contributed by atoms with van der Waals surface area (Å²) in [6.07, 6.45) is 2.37. The molecule has 1 unspecified atom stereocenters. The van der Waals surface area contributed by atoms with Gasteiger partial charge in [0.2, 0.25) is 11.8 Å². The number of likely N-dealkylation sites (tertiary alicyclic amines) is 1. The minimum atomic E-state index is -0.148. The van der Waals surface area contributed by atoms with Crippen LogP contribution < -0.4 is 0 Å². The third-order valence-corrected chi connectivity index (χ3v) is 3.78. The van der Waals surface area contributed by atoms with Crippen LogP contribution >= 0.6 is 0 Å². The maximum atomic E-state index is 12.0. The second-order valence-corrected chi connectivity index (χ2v) is 6.02. The van der Waals surface area contributed by atoms with Crippen molar-refractivity contribution in [2.45, 2.75) is 53.4 Å². The highest BCUT2D eigenvalue weighted by atomic mass is 16.2. The number of imide groups is 1. The Hall–Kier alpha value is -1.19. The number of rotatable bonds is 7. The molecular formula is C15H25NO3. The average molecular weight is 267 g/mol. The van der Waals surface area contributed by atoms with Crippen molar-refractivity contribution in [3.05, 3.63) is 0 Å². The molecule has 0 aromatic heterocycles. The Morgan fingerprint density at radius 2 is 1.84 bits per heavy atom. The number of carbonyl (C=O) groups is 3. The van der Waals surface area contributed by atoms with Gasteiger partial charge in [-0.05, 0) is 18.8 Å². The maximum absolute atomic E-state index is 12.0. The van der Waals surface area contributed by atoms with Crippen LogP contribution in [0, 0.1) is 17.8 Å². The molecule has 2 amide bonds. The highest BCUT2D eigenvalue weighted by Crippen LogP contribution is 2.26. The smallest absolute Gasteiger partial charge is 0.233 e. The monoisotopic (exact) mass is 267 g/mol. The van der Waals surface area contributed by atoms with Crippen molar-refractivity contribution in [2.24, 2.45) is 17.8 Å². The van der Waals surface area contributed by atoms with Gasteiger partial charge in [0.25, 0.3) is 0 Å². The molecule has 0 aromatic rings. The molecular weight excluding hydrogens is 242 g/mol. The molecule has 1 heterocycles. The summed E-state index contributed by atoms with van der Waals surface area (Å²) >= 11 is 0. The van der Waals surface area contributed by atoms with Gasteiger partial charge in [-0.3, -0.25) is 19.3 Å². The van der Waals surface area contributed by atoms with Gasteiger partial charge >= 0.3 is 0 Å². The number of hydrogen-bond acceptors (Lipinski definition) is 3. The number of amides is 2. The Kier molecular flexibility index (Phi) is 5.70. The molecule has 4 heteroatoms. The van der Waals surface area contributed by atoms with Crippen LogP contribution in [0.25, 0.3) is 0 Å². The van der Waals surface area contributed by atoms with Crippen LogP contribution in [0.15, 0.2) is 0 Å². The van der Waals surface area contributed by atoms with Crippen molar-refractivity contribution in [2.75, 3.05) is 6.54 Å². The van der Waals surface area contributed by atoms with Crippen LogP contribution in [0.3, 0.4) is 0 Å². The predicted octanol–water partition coefficient (Wildman–Crippen LogP) is 2.41. The van der Waals surface area contributed by atoms with Gasteiger partial charge in [0.05, 0.1) is 0 Å². The zero-order chi connectivity index (χ0) is 14.6. The van der Waals surface area contributed by atoms with Gasteiger partial charge in [-0.2, -0.15) is 0 Å². The lowest BCUT2D eigenvalue weighted by Gasteiger charge is -2.16. The molecule has 1 saturated heterocycles. The molecule has 0 N–H and O–H groups in total. The van der Waals surface area contributed by atoms with Crippen molar-refractivity contribution < 1.29 is 14.4 Å². The normalized spacial score (nSPS) is 19.9. The second kappa shape index (κ2) is 6.83. The molecule has 1 atom stereocenters. The van der Waals surface area contributed by atoms with Gasteiger partial charge in [0.15, 0.2) is 0 Å². The van der Waals surface area contributed by atoms with E-state index < -0.39 is 0 Å². The zero-order valence-electron chi connectivity index (χ0n) is 12.4. The lowest BCUT2D eigenvalue weighted by atomic mass is 9.94. The molecule has 1 aliphatic rings. The lowest BCUT2D eigenvalue weighted by Crippen LogP contribution is -2.32. The van der Waals surface area contributed by atoms with E-state index in [0.717, 1.165) is 12.8 Å². The van der Waals surface area contributed by atoms with Gasteiger partial charge in [-0.15, -0.1) is 0 Å². The molecule has 0 bridgehead atoms. The van der Waals surface area contributed by atoms with E-state index in [1.54, 1.807) is 0 Å². The fraction of sp³-hybridized carbons (Fsp3) is 0.800. The Labute approximate surface area is 115 Å². The molecule has 0 radical (unpaired) electrons. The summed E-state index contributed by atoms with van der Waals surface area (Å²) in [5, 5.41) is 0. The molecule has 0 aromatic carbocycles. The molecule has 1 aliphatic heterocycles. The summed E-state index contributed by atoms with van der Waals surface area (Å²) in [5.74, 6) is 0.294. The average Bonchev–Trinajstić information content (AvgIpc) is 2.61. The first kappa shape index (κ1) is 15.9. The topological polar surface area (TPSA) is 54.5 Å². The maximum Gasteiger partial charge on any atom is 0.233 e. The summed E-state index contributed by atoms with van der Waals surface area (Å²) in [6.45, 7) is 8.19. The second-order valence-electron chi connectivity index (χ2n) is 6.02. The standard InChI is InChI=1S/C15H25NO3/c1-10(2)12-9-14(18)16(15(12)19)8-6-5-7-13(17)11(3)4/h10-12H,5-9H2,1-4H3. The largest absolute Gasteiger partial charge is 0.299 e. The van der Waals surface area contributed by atoms with Crippen molar-refractivity contribution in [3.8, 4) is 0 Å². The fourth-order valence-corrected chi connectivity index (χ4v) is 2.32. The van der Waals surface area contributed by atoms with E-state index >= 15 is 0 Å². The summed E-state index contributed by atoms with van der Waals surface area (Å²) in [7, 11) is 0. The summed E-state index contributed by atoms with van der Waals surface area (Å²) in [5.41, 5.74) is 0. The number of unbranched alkanes of at least 4 members (excludes halogenated alkanes) is 1. The highest BCUT2D eigenvalue weighted by Gasteiger charge is 2.39. The number of Topliss-reactive ketones (excluding diaryl/α,β-unsaturated/α-hetero) is 1. The van der Waals surface area contributed by atoms with Crippen molar-refractivity contribution >= 4 is 17.6 Å². The van der Waals surface area contributed by atoms with Gasteiger partial charge in [-0.1, -0.05) is 27.7 Å². The number of hydrogen-bond donors (Lipinski definition) is 0. The molecule has 1 rings (SSSR count). The van der Waals surface area contributed by atoms with E-state index in [2.05, 4.69) is 0 Å². The van der Waals surface area contributed by atoms with Gasteiger partial charge in [-0.25, -0.2) is 0 Å². The van der Waals surface area contributed by atoms with Gasteiger partial charge in [0.1, 0.15) is 5.78 Å². The number of nitrogens with zero attached hydrogens (tertiary/aromatic N) is 1. The van der Waals surface area contributed by atoms with E-state index in [4.69, 9.17) is 0 Å². The highest BCUT2D eigenvalue weighted by molar-refractivity contribution is 6.03. The third-order valence-electron chi connectivity index (χ3n) is 3.78. The molecule has 4 nitrogen and oxygen atoms in total. The van der Waals surface area contributed by atoms with Gasteiger partial charge in [0, 0.05) is 31.2 Å². The first-order valence-corrected chi connectivity index (χ1v) is 7.21. The SMILES string of the molecule is CC(C)C(=O)CCCCN1C(=O)CC(C(C)C)C1=O. The molecule has 0 spiro atoms. The van der Waals surface area contributed by atoms with Crippen molar-refractivity contribution in [3.63, 3.8) is 0 Å². The van der Waals surface area contributed by atoms with E-state index in [1.165, 1.54) is 4.90 Å². The van der Waals surface area contributed by atoms with E-state index in [0.29, 0.717) is 19.4 Å². The summed E-state index contributed by atoms with van der Waals surface area (Å²) in [4.78, 5) is 36.6. The minimum Gasteiger partial charge on any atom is -0.299 e. The molecule has 0 aliphatic carbocycles. The van der Waals surface area contributed by atoms with Crippen LogP contribution in [0.1, 0.15) is 53.4 Å². The molecule has 0 saturated carbocycles. The van der Waals surface area contributed by atoms with E-state index in [-0.39, 0.29) is 35.4 Å². The van der Waals surface area contributed by atoms with Crippen molar-refractivity contribution in [1.29, 1.82) is 0 Å². The molecule has 19 heavy (non-hydrogen) atoms. The first-order valence-electron chi connectivity index (χ1n) is 7.21. The Morgan fingerprint density at radius 1 is 1.21 bits per heavy atom. The van der Waals surface area contributed by atoms with Crippen LogP contribution in [-0.4, -0.2) is 29.0 Å². The summed E-state index contributed by atoms with van der Waals surface area (Å²) in [6, 6.07) is 0. The van der Waals surface area contributed by atoms with E-state index in [1.807, 2.05) is 27.7 Å². The molecule has 1 fully saturated rings. The van der Waals surface area contributed by atoms with Crippen molar-refractivity contribution in [1.82, 2.24) is 4.90 Å². The zero-order valence-corrected chi connectivity index (χ0v) is 12.4. The van der Waals surface area contributed by atoms with Gasteiger partial charge < -0.3 is 0 Å². The fourth-order valence-electron chi connectivity index (χ4n) is 2.32. The lowest BCUT2D eigenvalue weighted by molar-refractivity contribution is -0.139. The van der Waals surface area contributed by atoms with Crippen LogP contribution in [0.2, 0.25) is 0 Å². The van der Waals surface area contributed by atoms with Crippen LogP contribution in [0.5, 0.6) is 0 Å². The Morgan fingerprint density at radius 3 is 2.32 bits per heavy atom. The summed E-state index contributed by atoms with van der Waals surface area (Å²) < 4.78 is 0. The first-order chi connectivity index (χ1) is 8.84. The minimum absolute atomic E-state index is 0.0322. The Balaban J connectivity index is 2.36.